The van der Waals surface area contributed by atoms with Crippen molar-refractivity contribution in [2.45, 2.75) is 0 Å². The number of aromatic carboxylic acids is 1. The van der Waals surface area contributed by atoms with Gasteiger partial charge in [-0.25, -0.2) is 4.79 Å². The van der Waals surface area contributed by atoms with Crippen LogP contribution >= 0.6 is 23.3 Å². The molecule has 0 spiro atoms. The fraction of sp³-hybridized carbons (Fsp3) is 0. The second-order valence-corrected chi connectivity index (χ2v) is 3.74. The molecule has 1 aromatic heterocycles. The van der Waals surface area contributed by atoms with E-state index in [1.807, 2.05) is 0 Å². The molecule has 15 heavy (non-hydrogen) atoms. The van der Waals surface area contributed by atoms with E-state index in [0.29, 0.717) is 16.3 Å². The van der Waals surface area contributed by atoms with E-state index in [-0.39, 0.29) is 5.69 Å². The van der Waals surface area contributed by atoms with Gasteiger partial charge in [-0.2, -0.15) is 8.75 Å². The molecule has 6 heteroatoms. The Labute approximate surface area is 94.5 Å². The van der Waals surface area contributed by atoms with E-state index in [9.17, 15) is 4.79 Å². The van der Waals surface area contributed by atoms with Crippen molar-refractivity contribution in [2.75, 3.05) is 0 Å². The summed E-state index contributed by atoms with van der Waals surface area (Å²) < 4.78 is 7.66. The molecule has 0 bridgehead atoms. The highest BCUT2D eigenvalue weighted by Crippen LogP contribution is 2.23. The first-order valence-electron chi connectivity index (χ1n) is 4.00. The van der Waals surface area contributed by atoms with Crippen LogP contribution in [0, 0.1) is 0 Å². The standard InChI is InChI=1S/C9H5ClN2O2S/c10-6-3-1-5(2-4-6)7-8(9(13)14)12-15-11-7/h1-4H,(H,13,14). The van der Waals surface area contributed by atoms with Crippen LogP contribution < -0.4 is 0 Å². The van der Waals surface area contributed by atoms with Crippen LogP contribution in [-0.2, 0) is 0 Å². The van der Waals surface area contributed by atoms with Crippen molar-refractivity contribution in [3.8, 4) is 11.3 Å². The number of carboxylic acid groups (broad SMARTS) is 1. The van der Waals surface area contributed by atoms with E-state index in [4.69, 9.17) is 16.7 Å². The number of nitrogens with zero attached hydrogens (tertiary/aromatic N) is 2. The lowest BCUT2D eigenvalue weighted by molar-refractivity contribution is 0.0692. The summed E-state index contributed by atoms with van der Waals surface area (Å²) in [6.07, 6.45) is 0. The lowest BCUT2D eigenvalue weighted by Crippen LogP contribution is -1.98. The van der Waals surface area contributed by atoms with Crippen LogP contribution in [0.4, 0.5) is 0 Å². The van der Waals surface area contributed by atoms with Gasteiger partial charge in [0.15, 0.2) is 5.69 Å². The van der Waals surface area contributed by atoms with Crippen LogP contribution in [0.1, 0.15) is 10.5 Å². The first kappa shape index (κ1) is 10.1. The van der Waals surface area contributed by atoms with Gasteiger partial charge in [-0.05, 0) is 12.1 Å². The summed E-state index contributed by atoms with van der Waals surface area (Å²) >= 11 is 6.61. The number of benzene rings is 1. The third kappa shape index (κ3) is 1.98. The van der Waals surface area contributed by atoms with Crippen LogP contribution in [-0.4, -0.2) is 19.8 Å². The smallest absolute Gasteiger partial charge is 0.357 e. The second-order valence-electron chi connectivity index (χ2n) is 2.77. The highest BCUT2D eigenvalue weighted by molar-refractivity contribution is 6.99. The summed E-state index contributed by atoms with van der Waals surface area (Å²) in [5, 5.41) is 9.44. The molecule has 0 unspecified atom stereocenters. The van der Waals surface area contributed by atoms with Gasteiger partial charge in [0, 0.05) is 10.6 Å². The third-order valence-corrected chi connectivity index (χ3v) is 2.59. The Balaban J connectivity index is 2.49. The molecular formula is C9H5ClN2O2S. The number of carbonyl (C=O) groups is 1. The highest BCUT2D eigenvalue weighted by atomic mass is 35.5. The average molecular weight is 241 g/mol. The van der Waals surface area contributed by atoms with Crippen molar-refractivity contribution in [3.63, 3.8) is 0 Å². The minimum Gasteiger partial charge on any atom is -0.476 e. The maximum atomic E-state index is 10.8. The zero-order chi connectivity index (χ0) is 10.8. The summed E-state index contributed by atoms with van der Waals surface area (Å²) in [5.41, 5.74) is 1.05. The molecule has 1 N–H and O–H groups in total. The fourth-order valence-electron chi connectivity index (χ4n) is 1.13. The Hall–Kier alpha value is -1.46. The Morgan fingerprint density at radius 3 is 2.53 bits per heavy atom. The molecule has 0 aliphatic heterocycles. The molecule has 0 aliphatic carbocycles. The molecule has 1 heterocycles. The zero-order valence-corrected chi connectivity index (χ0v) is 8.92. The summed E-state index contributed by atoms with van der Waals surface area (Å²) in [6.45, 7) is 0. The second kappa shape index (κ2) is 3.96. The third-order valence-electron chi connectivity index (χ3n) is 1.81. The van der Waals surface area contributed by atoms with Gasteiger partial charge >= 0.3 is 5.97 Å². The summed E-state index contributed by atoms with van der Waals surface area (Å²) in [5.74, 6) is -1.08. The van der Waals surface area contributed by atoms with E-state index < -0.39 is 5.97 Å². The molecule has 0 amide bonds. The summed E-state index contributed by atoms with van der Waals surface area (Å²) in [4.78, 5) is 10.8. The number of aromatic nitrogens is 2. The predicted molar refractivity (Wildman–Crippen MR) is 57.3 cm³/mol. The van der Waals surface area contributed by atoms with Crippen molar-refractivity contribution in [3.05, 3.63) is 35.0 Å². The maximum absolute atomic E-state index is 10.8. The van der Waals surface area contributed by atoms with Crippen LogP contribution in [0.2, 0.25) is 5.02 Å². The van der Waals surface area contributed by atoms with Crippen molar-refractivity contribution in [2.24, 2.45) is 0 Å². The van der Waals surface area contributed by atoms with Crippen molar-refractivity contribution < 1.29 is 9.90 Å². The van der Waals surface area contributed by atoms with E-state index in [2.05, 4.69) is 8.75 Å². The Kier molecular flexibility index (Phi) is 2.66. The lowest BCUT2D eigenvalue weighted by atomic mass is 10.1. The van der Waals surface area contributed by atoms with Crippen LogP contribution in [0.25, 0.3) is 11.3 Å². The van der Waals surface area contributed by atoms with Gasteiger partial charge in [0.2, 0.25) is 0 Å². The Morgan fingerprint density at radius 2 is 1.93 bits per heavy atom. The summed E-state index contributed by atoms with van der Waals surface area (Å²) in [7, 11) is 0. The minimum atomic E-state index is -1.08. The molecule has 0 saturated carbocycles. The Bertz CT molecular complexity index is 495. The topological polar surface area (TPSA) is 63.1 Å². The van der Waals surface area contributed by atoms with Gasteiger partial charge in [0.05, 0.1) is 11.7 Å². The summed E-state index contributed by atoms with van der Waals surface area (Å²) in [6, 6.07) is 6.79. The Morgan fingerprint density at radius 1 is 1.27 bits per heavy atom. The highest BCUT2D eigenvalue weighted by Gasteiger charge is 2.16. The molecule has 1 aromatic carbocycles. The quantitative estimate of drug-likeness (QED) is 0.876. The molecular weight excluding hydrogens is 236 g/mol. The SMILES string of the molecule is O=C(O)c1nsnc1-c1ccc(Cl)cc1. The van der Waals surface area contributed by atoms with Gasteiger partial charge < -0.3 is 5.11 Å². The maximum Gasteiger partial charge on any atom is 0.357 e. The van der Waals surface area contributed by atoms with Crippen molar-refractivity contribution in [1.82, 2.24) is 8.75 Å². The molecule has 0 saturated heterocycles. The van der Waals surface area contributed by atoms with Gasteiger partial charge in [0.25, 0.3) is 0 Å². The predicted octanol–water partition coefficient (Wildman–Crippen LogP) is 2.56. The largest absolute Gasteiger partial charge is 0.476 e. The van der Waals surface area contributed by atoms with Crippen LogP contribution in [0.15, 0.2) is 24.3 Å². The lowest BCUT2D eigenvalue weighted by Gasteiger charge is -1.97. The van der Waals surface area contributed by atoms with E-state index in [0.717, 1.165) is 11.7 Å². The van der Waals surface area contributed by atoms with Crippen LogP contribution in [0.5, 0.6) is 0 Å². The first-order chi connectivity index (χ1) is 7.18. The number of hydrogen-bond donors (Lipinski definition) is 1. The normalized spacial score (nSPS) is 10.2. The molecule has 2 rings (SSSR count). The van der Waals surface area contributed by atoms with E-state index in [1.165, 1.54) is 0 Å². The molecule has 0 atom stereocenters. The van der Waals surface area contributed by atoms with E-state index in [1.54, 1.807) is 24.3 Å². The van der Waals surface area contributed by atoms with Gasteiger partial charge in [0.1, 0.15) is 5.69 Å². The number of halogens is 1. The first-order valence-corrected chi connectivity index (χ1v) is 5.11. The van der Waals surface area contributed by atoms with Gasteiger partial charge in [-0.1, -0.05) is 23.7 Å². The van der Waals surface area contributed by atoms with Crippen molar-refractivity contribution >= 4 is 29.3 Å². The fourth-order valence-corrected chi connectivity index (χ4v) is 1.81. The molecule has 2 aromatic rings. The van der Waals surface area contributed by atoms with Crippen molar-refractivity contribution in [1.29, 1.82) is 0 Å². The molecule has 0 fully saturated rings. The van der Waals surface area contributed by atoms with Crippen LogP contribution in [0.3, 0.4) is 0 Å². The average Bonchev–Trinajstić information content (AvgIpc) is 2.67. The molecule has 76 valence electrons. The number of hydrogen-bond acceptors (Lipinski definition) is 4. The number of rotatable bonds is 2. The minimum absolute atomic E-state index is 0.0256. The van der Waals surface area contributed by atoms with Gasteiger partial charge in [-0.3, -0.25) is 0 Å². The molecule has 0 radical (unpaired) electrons. The monoisotopic (exact) mass is 240 g/mol. The zero-order valence-electron chi connectivity index (χ0n) is 7.35. The van der Waals surface area contributed by atoms with Gasteiger partial charge in [-0.15, -0.1) is 0 Å². The molecule has 4 nitrogen and oxygen atoms in total. The molecule has 0 aliphatic rings. The van der Waals surface area contributed by atoms with E-state index >= 15 is 0 Å². The number of carboxylic acids is 1.